The number of rotatable bonds is 5. The third-order valence-corrected chi connectivity index (χ3v) is 5.67. The Morgan fingerprint density at radius 3 is 2.72 bits per heavy atom. The lowest BCUT2D eigenvalue weighted by Crippen LogP contribution is -2.39. The first-order valence-electron chi connectivity index (χ1n) is 9.89. The van der Waals surface area contributed by atoms with E-state index < -0.39 is 0 Å². The lowest BCUT2D eigenvalue weighted by atomic mass is 10.1. The van der Waals surface area contributed by atoms with Gasteiger partial charge in [-0.2, -0.15) is 5.10 Å². The normalized spacial score (nSPS) is 17.6. The fourth-order valence-corrected chi connectivity index (χ4v) is 4.03. The van der Waals surface area contributed by atoms with Crippen molar-refractivity contribution >= 4 is 12.2 Å². The Labute approximate surface area is 175 Å². The van der Waals surface area contributed by atoms with Gasteiger partial charge in [0.25, 0.3) is 0 Å². The molecule has 1 fully saturated rings. The largest absolute Gasteiger partial charge is 0.371 e. The summed E-state index contributed by atoms with van der Waals surface area (Å²) in [4.78, 5) is 2.28. The molecule has 1 unspecified atom stereocenters. The van der Waals surface area contributed by atoms with Gasteiger partial charge in [-0.1, -0.05) is 35.9 Å². The Morgan fingerprint density at radius 1 is 1.21 bits per heavy atom. The maximum Gasteiger partial charge on any atom is 0.199 e. The highest BCUT2D eigenvalue weighted by Crippen LogP contribution is 2.24. The lowest BCUT2D eigenvalue weighted by Gasteiger charge is -2.32. The lowest BCUT2D eigenvalue weighted by molar-refractivity contribution is -0.0419. The van der Waals surface area contributed by atoms with Crippen molar-refractivity contribution in [3.05, 3.63) is 70.2 Å². The van der Waals surface area contributed by atoms with Crippen molar-refractivity contribution in [1.82, 2.24) is 19.2 Å². The number of morpholine rings is 1. The van der Waals surface area contributed by atoms with Gasteiger partial charge in [0.2, 0.25) is 0 Å². The van der Waals surface area contributed by atoms with Crippen LogP contribution >= 0.6 is 12.2 Å². The summed E-state index contributed by atoms with van der Waals surface area (Å²) in [5.41, 5.74) is 3.25. The number of aromatic nitrogens is 3. The fourth-order valence-electron chi connectivity index (χ4n) is 3.72. The number of benzene rings is 2. The highest BCUT2D eigenvalue weighted by Gasteiger charge is 2.23. The van der Waals surface area contributed by atoms with Crippen LogP contribution in [0.2, 0.25) is 0 Å². The second-order valence-electron chi connectivity index (χ2n) is 7.35. The monoisotopic (exact) mass is 412 g/mol. The van der Waals surface area contributed by atoms with Crippen molar-refractivity contribution in [2.75, 3.05) is 19.7 Å². The first-order chi connectivity index (χ1) is 14.0. The van der Waals surface area contributed by atoms with Crippen LogP contribution in [0.3, 0.4) is 0 Å². The van der Waals surface area contributed by atoms with E-state index in [1.165, 1.54) is 17.7 Å². The molecule has 2 heterocycles. The van der Waals surface area contributed by atoms with E-state index >= 15 is 0 Å². The molecular weight excluding hydrogens is 387 g/mol. The van der Waals surface area contributed by atoms with Crippen LogP contribution in [0.1, 0.15) is 24.2 Å². The molecule has 29 heavy (non-hydrogen) atoms. The summed E-state index contributed by atoms with van der Waals surface area (Å²) in [5, 5.41) is 4.84. The Hall–Kier alpha value is -2.35. The van der Waals surface area contributed by atoms with Crippen LogP contribution < -0.4 is 0 Å². The van der Waals surface area contributed by atoms with Gasteiger partial charge >= 0.3 is 0 Å². The summed E-state index contributed by atoms with van der Waals surface area (Å²) in [6.07, 6.45) is -0.0805. The zero-order valence-corrected chi connectivity index (χ0v) is 17.5. The molecule has 3 aromatic rings. The molecule has 1 atom stereocenters. The minimum atomic E-state index is -0.235. The van der Waals surface area contributed by atoms with E-state index in [0.29, 0.717) is 24.6 Å². The number of hydrogen-bond donors (Lipinski definition) is 0. The minimum absolute atomic E-state index is 0.0805. The Balaban J connectivity index is 1.56. The average molecular weight is 413 g/mol. The maximum absolute atomic E-state index is 13.2. The molecule has 1 aliphatic heterocycles. The van der Waals surface area contributed by atoms with Gasteiger partial charge in [-0.05, 0) is 49.8 Å². The molecule has 0 amide bonds. The third-order valence-electron chi connectivity index (χ3n) is 5.24. The first kappa shape index (κ1) is 19.9. The molecule has 2 aromatic carbocycles. The van der Waals surface area contributed by atoms with Crippen LogP contribution in [0.5, 0.6) is 0 Å². The Morgan fingerprint density at radius 2 is 2.00 bits per heavy atom. The van der Waals surface area contributed by atoms with Crippen molar-refractivity contribution in [2.24, 2.45) is 0 Å². The van der Waals surface area contributed by atoms with Gasteiger partial charge in [-0.3, -0.25) is 4.90 Å². The average Bonchev–Trinajstić information content (AvgIpc) is 3.04. The van der Waals surface area contributed by atoms with Gasteiger partial charge in [-0.15, -0.1) is 0 Å². The fraction of sp³-hybridized carbons (Fsp3) is 0.364. The van der Waals surface area contributed by atoms with Crippen LogP contribution in [0.25, 0.3) is 11.4 Å². The SMILES string of the molecule is CCn1c(-c2cccc(C)c2)nn(CN2CCOC(c3ccc(F)cc3)C2)c1=S. The first-order valence-corrected chi connectivity index (χ1v) is 10.3. The van der Waals surface area contributed by atoms with E-state index in [4.69, 9.17) is 22.1 Å². The molecular formula is C22H25FN4OS. The summed E-state index contributed by atoms with van der Waals surface area (Å²) in [5.74, 6) is 0.658. The van der Waals surface area contributed by atoms with Gasteiger partial charge in [0.15, 0.2) is 10.6 Å². The molecule has 1 saturated heterocycles. The summed E-state index contributed by atoms with van der Waals surface area (Å²) >= 11 is 5.71. The van der Waals surface area contributed by atoms with Gasteiger partial charge in [0, 0.05) is 25.2 Å². The molecule has 0 aliphatic carbocycles. The van der Waals surface area contributed by atoms with Crippen molar-refractivity contribution in [3.63, 3.8) is 0 Å². The smallest absolute Gasteiger partial charge is 0.199 e. The van der Waals surface area contributed by atoms with Crippen LogP contribution in [0, 0.1) is 17.5 Å². The molecule has 0 saturated carbocycles. The second-order valence-corrected chi connectivity index (χ2v) is 7.71. The third kappa shape index (κ3) is 4.32. The minimum Gasteiger partial charge on any atom is -0.371 e. The quantitative estimate of drug-likeness (QED) is 0.575. The predicted octanol–water partition coefficient (Wildman–Crippen LogP) is 4.58. The highest BCUT2D eigenvalue weighted by atomic mass is 32.1. The van der Waals surface area contributed by atoms with Gasteiger partial charge < -0.3 is 9.30 Å². The second kappa shape index (κ2) is 8.57. The van der Waals surface area contributed by atoms with Crippen molar-refractivity contribution < 1.29 is 9.13 Å². The molecule has 4 rings (SSSR count). The molecule has 1 aliphatic rings. The van der Waals surface area contributed by atoms with Crippen molar-refractivity contribution in [1.29, 1.82) is 0 Å². The van der Waals surface area contributed by atoms with E-state index in [2.05, 4.69) is 41.5 Å². The van der Waals surface area contributed by atoms with Crippen molar-refractivity contribution in [2.45, 2.75) is 33.2 Å². The molecule has 152 valence electrons. The van der Waals surface area contributed by atoms with E-state index in [1.54, 1.807) is 12.1 Å². The van der Waals surface area contributed by atoms with Gasteiger partial charge in [0.05, 0.1) is 19.4 Å². The Kier molecular flexibility index (Phi) is 5.89. The topological polar surface area (TPSA) is 35.2 Å². The van der Waals surface area contributed by atoms with Gasteiger partial charge in [-0.25, -0.2) is 9.07 Å². The predicted molar refractivity (Wildman–Crippen MR) is 114 cm³/mol. The zero-order chi connectivity index (χ0) is 20.4. The van der Waals surface area contributed by atoms with Crippen molar-refractivity contribution in [3.8, 4) is 11.4 Å². The summed E-state index contributed by atoms with van der Waals surface area (Å²) in [6.45, 7) is 7.67. The molecule has 0 N–H and O–H groups in total. The number of hydrogen-bond acceptors (Lipinski definition) is 4. The molecule has 0 spiro atoms. The van der Waals surface area contributed by atoms with Gasteiger partial charge in [0.1, 0.15) is 5.82 Å². The van der Waals surface area contributed by atoms with E-state index in [9.17, 15) is 4.39 Å². The van der Waals surface area contributed by atoms with Crippen LogP contribution in [0.15, 0.2) is 48.5 Å². The number of ether oxygens (including phenoxy) is 1. The van der Waals surface area contributed by atoms with E-state index in [0.717, 1.165) is 30.0 Å². The van der Waals surface area contributed by atoms with E-state index in [-0.39, 0.29) is 11.9 Å². The molecule has 1 aromatic heterocycles. The number of aryl methyl sites for hydroxylation is 1. The van der Waals surface area contributed by atoms with Crippen LogP contribution in [-0.4, -0.2) is 38.9 Å². The molecule has 0 radical (unpaired) electrons. The summed E-state index contributed by atoms with van der Waals surface area (Å²) in [7, 11) is 0. The van der Waals surface area contributed by atoms with Crippen LogP contribution in [-0.2, 0) is 18.0 Å². The molecule has 7 heteroatoms. The standard InChI is InChI=1S/C22H25FN4OS/c1-3-26-21(18-6-4-5-16(2)13-18)24-27(22(26)29)15-25-11-12-28-20(14-25)17-7-9-19(23)10-8-17/h4-10,13,20H,3,11-12,14-15H2,1-2H3. The highest BCUT2D eigenvalue weighted by molar-refractivity contribution is 7.71. The summed E-state index contributed by atoms with van der Waals surface area (Å²) in [6, 6.07) is 14.9. The molecule has 5 nitrogen and oxygen atoms in total. The van der Waals surface area contributed by atoms with Crippen LogP contribution in [0.4, 0.5) is 4.39 Å². The Bertz CT molecular complexity index is 1040. The van der Waals surface area contributed by atoms with E-state index in [1.807, 2.05) is 10.7 Å². The molecule has 0 bridgehead atoms. The maximum atomic E-state index is 13.2. The number of nitrogens with zero attached hydrogens (tertiary/aromatic N) is 4. The number of halogens is 1. The summed E-state index contributed by atoms with van der Waals surface area (Å²) < 4.78 is 23.8. The zero-order valence-electron chi connectivity index (χ0n) is 16.7.